The van der Waals surface area contributed by atoms with Crippen LogP contribution in [0, 0.1) is 0 Å². The number of carbonyl (C=O) groups excluding carboxylic acids is 4. The van der Waals surface area contributed by atoms with Crippen LogP contribution in [-0.4, -0.2) is 99.8 Å². The maximum Gasteiger partial charge on any atom is 0.246 e. The second-order valence-electron chi connectivity index (χ2n) is 12.7. The molecule has 0 saturated carbocycles. The zero-order valence-corrected chi connectivity index (χ0v) is 29.3. The molecule has 9 nitrogen and oxygen atoms in total. The van der Waals surface area contributed by atoms with E-state index in [1.54, 1.807) is 14.7 Å². The lowest BCUT2D eigenvalue weighted by Gasteiger charge is -2.38. The number of hydrogen-bond acceptors (Lipinski definition) is 6. The van der Waals surface area contributed by atoms with E-state index in [-0.39, 0.29) is 35.5 Å². The average molecular weight is 597 g/mol. The quantitative estimate of drug-likeness (QED) is 0.248. The van der Waals surface area contributed by atoms with E-state index in [4.69, 9.17) is 4.74 Å². The average Bonchev–Trinajstić information content (AvgIpc) is 3.42. The first-order chi connectivity index (χ1) is 19.6. The summed E-state index contributed by atoms with van der Waals surface area (Å²) in [5.41, 5.74) is -0.677. The summed E-state index contributed by atoms with van der Waals surface area (Å²) in [4.78, 5) is 58.0. The summed E-state index contributed by atoms with van der Waals surface area (Å²) in [5.74, 6) is -0.495. The van der Waals surface area contributed by atoms with Crippen LogP contribution in [0.4, 0.5) is 0 Å². The maximum atomic E-state index is 13.8. The summed E-state index contributed by atoms with van der Waals surface area (Å²) in [6.45, 7) is 27.2. The van der Waals surface area contributed by atoms with Crippen molar-refractivity contribution in [3.8, 4) is 0 Å². The molecular weight excluding hydrogens is 532 g/mol. The molecule has 1 N–H and O–H groups in total. The highest BCUT2D eigenvalue weighted by atomic mass is 16.5. The predicted molar refractivity (Wildman–Crippen MR) is 171 cm³/mol. The summed E-state index contributed by atoms with van der Waals surface area (Å²) in [6.07, 6.45) is 3.15. The molecule has 42 heavy (non-hydrogen) atoms. The molecule has 1 fully saturated rings. The molecule has 0 aromatic rings. The Balaban J connectivity index is 0.00000821. The highest BCUT2D eigenvalue weighted by molar-refractivity contribution is 5.94. The number of likely N-dealkylation sites (tertiary alicyclic amines) is 1. The van der Waals surface area contributed by atoms with Crippen LogP contribution < -0.4 is 5.32 Å². The van der Waals surface area contributed by atoms with Gasteiger partial charge in [0.25, 0.3) is 0 Å². The molecule has 0 aliphatic carbocycles. The molecule has 0 aromatic carbocycles. The van der Waals surface area contributed by atoms with Gasteiger partial charge in [-0.2, -0.15) is 0 Å². The number of ether oxygens (including phenoxy) is 1. The van der Waals surface area contributed by atoms with Crippen molar-refractivity contribution >= 4 is 23.5 Å². The number of carbonyl (C=O) groups is 4. The summed E-state index contributed by atoms with van der Waals surface area (Å²) in [6, 6.07) is -1.40. The van der Waals surface area contributed by atoms with Gasteiger partial charge in [-0.3, -0.25) is 19.2 Å². The summed E-state index contributed by atoms with van der Waals surface area (Å²) < 4.78 is 6.21. The summed E-state index contributed by atoms with van der Waals surface area (Å²) in [7, 11) is 0. The van der Waals surface area contributed by atoms with Gasteiger partial charge >= 0.3 is 0 Å². The molecule has 1 heterocycles. The van der Waals surface area contributed by atoms with Crippen LogP contribution in [-0.2, 0) is 23.9 Å². The molecule has 0 radical (unpaired) electrons. The van der Waals surface area contributed by atoms with Crippen molar-refractivity contribution in [2.45, 2.75) is 164 Å². The van der Waals surface area contributed by atoms with Gasteiger partial charge in [0.15, 0.2) is 5.78 Å². The first-order valence-electron chi connectivity index (χ1n) is 16.4. The molecule has 1 saturated heterocycles. The van der Waals surface area contributed by atoms with Crippen molar-refractivity contribution in [2.75, 3.05) is 26.2 Å². The molecule has 3 amide bonds. The number of rotatable bonds is 17. The number of ketones is 1. The first kappa shape index (κ1) is 40.0. The molecule has 0 spiro atoms. The minimum Gasteiger partial charge on any atom is -0.374 e. The van der Waals surface area contributed by atoms with E-state index in [0.717, 1.165) is 6.42 Å². The van der Waals surface area contributed by atoms with Crippen molar-refractivity contribution in [3.63, 3.8) is 0 Å². The van der Waals surface area contributed by atoms with Crippen LogP contribution in [0.3, 0.4) is 0 Å². The van der Waals surface area contributed by atoms with E-state index in [1.807, 2.05) is 55.4 Å². The topological polar surface area (TPSA) is 99.3 Å². The molecule has 1 aliphatic rings. The maximum absolute atomic E-state index is 13.8. The minimum absolute atomic E-state index is 0.0545. The highest BCUT2D eigenvalue weighted by Gasteiger charge is 2.41. The molecule has 1 rings (SSSR count). The van der Waals surface area contributed by atoms with Gasteiger partial charge in [0.2, 0.25) is 17.7 Å². The normalized spacial score (nSPS) is 16.9. The van der Waals surface area contributed by atoms with Gasteiger partial charge in [0, 0.05) is 37.6 Å². The van der Waals surface area contributed by atoms with Crippen molar-refractivity contribution in [2.24, 2.45) is 0 Å². The van der Waals surface area contributed by atoms with Gasteiger partial charge in [0.1, 0.15) is 12.1 Å². The van der Waals surface area contributed by atoms with Gasteiger partial charge in [-0.15, -0.1) is 0 Å². The van der Waals surface area contributed by atoms with Gasteiger partial charge in [-0.25, -0.2) is 0 Å². The fourth-order valence-electron chi connectivity index (χ4n) is 5.84. The van der Waals surface area contributed by atoms with Crippen LogP contribution in [0.1, 0.15) is 129 Å². The van der Waals surface area contributed by atoms with Crippen molar-refractivity contribution in [1.29, 1.82) is 0 Å². The minimum atomic E-state index is -0.668. The van der Waals surface area contributed by atoms with Crippen LogP contribution in [0.15, 0.2) is 0 Å². The third kappa shape index (κ3) is 11.9. The molecule has 0 bridgehead atoms. The van der Waals surface area contributed by atoms with Gasteiger partial charge in [-0.1, -0.05) is 41.5 Å². The number of Topliss-reactive ketones (excluding diaryl/α,β-unsaturated/α-hetero) is 1. The first-order valence-corrected chi connectivity index (χ1v) is 16.4. The van der Waals surface area contributed by atoms with Gasteiger partial charge in [0.05, 0.1) is 18.2 Å². The van der Waals surface area contributed by atoms with Crippen LogP contribution in [0.2, 0.25) is 0 Å². The van der Waals surface area contributed by atoms with Crippen molar-refractivity contribution in [3.05, 3.63) is 0 Å². The second kappa shape index (κ2) is 18.6. The Hall–Kier alpha value is -2.00. The van der Waals surface area contributed by atoms with Crippen LogP contribution in [0.5, 0.6) is 0 Å². The summed E-state index contributed by atoms with van der Waals surface area (Å²) >= 11 is 0. The molecule has 1 aliphatic heterocycles. The molecule has 246 valence electrons. The zero-order valence-electron chi connectivity index (χ0n) is 29.3. The van der Waals surface area contributed by atoms with E-state index >= 15 is 0 Å². The van der Waals surface area contributed by atoms with E-state index in [1.165, 1.54) is 6.92 Å². The lowest BCUT2D eigenvalue weighted by molar-refractivity contribution is -0.153. The molecule has 0 aromatic heterocycles. The lowest BCUT2D eigenvalue weighted by atomic mass is 10.00. The largest absolute Gasteiger partial charge is 0.374 e. The van der Waals surface area contributed by atoms with Gasteiger partial charge < -0.3 is 24.8 Å². The van der Waals surface area contributed by atoms with Crippen molar-refractivity contribution in [1.82, 2.24) is 20.0 Å². The van der Waals surface area contributed by atoms with E-state index in [9.17, 15) is 19.2 Å². The van der Waals surface area contributed by atoms with Crippen LogP contribution in [0.25, 0.3) is 0 Å². The third-order valence-corrected chi connectivity index (χ3v) is 7.83. The number of nitrogens with one attached hydrogen (secondary N) is 1. The zero-order chi connectivity index (χ0) is 32.8. The fourth-order valence-corrected chi connectivity index (χ4v) is 5.84. The number of likely N-dealkylation sites (N-methyl/N-ethyl adjacent to an activating group) is 2. The number of nitrogens with zero attached hydrogens (tertiary/aromatic N) is 3. The summed E-state index contributed by atoms with van der Waals surface area (Å²) in [5, 5.41) is 3.50. The Morgan fingerprint density at radius 1 is 0.929 bits per heavy atom. The van der Waals surface area contributed by atoms with Crippen molar-refractivity contribution < 1.29 is 23.9 Å². The standard InChI is InChI=1S/C31H58N4O5.C2H6/c1-12-24(23(7)36)33(14-3)28(38)25(13-2)34(15-4)29(39)26-17-16-20-35(26)27(37)18-19-31(10,11)40-21-30(8,9)32-22(5)6;1-2/h22,24-26,32H,12-21H2,1-11H3;1-2H3. The van der Waals surface area contributed by atoms with Crippen LogP contribution >= 0.6 is 0 Å². The van der Waals surface area contributed by atoms with Gasteiger partial charge in [-0.05, 0) is 80.6 Å². The number of hydrogen-bond donors (Lipinski definition) is 1. The number of amides is 3. The van der Waals surface area contributed by atoms with E-state index < -0.39 is 23.7 Å². The Kier molecular flexibility index (Phi) is 17.7. The molecule has 3 atom stereocenters. The lowest BCUT2D eigenvalue weighted by Crippen LogP contribution is -2.57. The monoisotopic (exact) mass is 596 g/mol. The molecule has 9 heteroatoms. The smallest absolute Gasteiger partial charge is 0.246 e. The van der Waals surface area contributed by atoms with E-state index in [0.29, 0.717) is 58.0 Å². The second-order valence-corrected chi connectivity index (χ2v) is 12.7. The van der Waals surface area contributed by atoms with E-state index in [2.05, 4.69) is 33.0 Å². The Bertz CT molecular complexity index is 857. The predicted octanol–water partition coefficient (Wildman–Crippen LogP) is 5.20. The molecular formula is C33H64N4O5. The third-order valence-electron chi connectivity index (χ3n) is 7.83. The Labute approximate surface area is 257 Å². The Morgan fingerprint density at radius 2 is 1.48 bits per heavy atom. The molecule has 3 unspecified atom stereocenters. The SMILES string of the molecule is CC.CCC(C(C)=O)N(CC)C(=O)C(CC)N(CC)C(=O)C1CCCN1C(=O)CCC(C)(C)OCC(C)(C)NC(C)C. The fraction of sp³-hybridized carbons (Fsp3) is 0.879. The Morgan fingerprint density at radius 3 is 1.93 bits per heavy atom. The highest BCUT2D eigenvalue weighted by Crippen LogP contribution is 2.26.